The van der Waals surface area contributed by atoms with Crippen LogP contribution < -0.4 is 10.6 Å². The van der Waals surface area contributed by atoms with Gasteiger partial charge in [0.15, 0.2) is 17.4 Å². The Morgan fingerprint density at radius 1 is 1.06 bits per heavy atom. The Kier molecular flexibility index (Phi) is 10.7. The number of ether oxygens (including phenoxy) is 4. The van der Waals surface area contributed by atoms with E-state index in [1.165, 1.54) is 13.8 Å². The maximum absolute atomic E-state index is 10.8. The van der Waals surface area contributed by atoms with E-state index in [0.717, 1.165) is 0 Å². The van der Waals surface area contributed by atoms with Crippen molar-refractivity contribution >= 4 is 35.1 Å². The van der Waals surface area contributed by atoms with Crippen molar-refractivity contribution in [2.45, 2.75) is 71.9 Å². The second-order valence-corrected chi connectivity index (χ2v) is 9.12. The Morgan fingerprint density at radius 2 is 1.66 bits per heavy atom. The summed E-state index contributed by atoms with van der Waals surface area (Å²) in [6, 6.07) is 3.43. The second kappa shape index (κ2) is 13.0. The van der Waals surface area contributed by atoms with E-state index < -0.39 is 11.6 Å². The minimum absolute atomic E-state index is 0.00456. The first-order valence-corrected chi connectivity index (χ1v) is 11.7. The number of aromatic nitrogens is 4. The third kappa shape index (κ3) is 11.2. The van der Waals surface area contributed by atoms with Crippen molar-refractivity contribution in [3.05, 3.63) is 24.5 Å². The third-order valence-corrected chi connectivity index (χ3v) is 4.80. The van der Waals surface area contributed by atoms with E-state index in [4.69, 9.17) is 30.5 Å². The van der Waals surface area contributed by atoms with Gasteiger partial charge in [-0.2, -0.15) is 10.2 Å². The number of anilines is 2. The van der Waals surface area contributed by atoms with E-state index in [-0.39, 0.29) is 24.0 Å². The van der Waals surface area contributed by atoms with E-state index in [1.54, 1.807) is 29.2 Å². The van der Waals surface area contributed by atoms with Gasteiger partial charge in [-0.15, -0.1) is 11.6 Å². The number of nitrogens with zero attached hydrogens (tertiary/aromatic N) is 3. The molecule has 0 saturated carbocycles. The summed E-state index contributed by atoms with van der Waals surface area (Å²) in [5.74, 6) is 0.538. The topological polar surface area (TPSA) is 142 Å². The highest BCUT2D eigenvalue weighted by Gasteiger charge is 2.33. The van der Waals surface area contributed by atoms with Crippen molar-refractivity contribution in [2.24, 2.45) is 0 Å². The summed E-state index contributed by atoms with van der Waals surface area (Å²) in [5.41, 5.74) is 0. The van der Waals surface area contributed by atoms with Gasteiger partial charge in [0.05, 0.1) is 37.9 Å². The van der Waals surface area contributed by atoms with Gasteiger partial charge in [0.2, 0.25) is 11.8 Å². The summed E-state index contributed by atoms with van der Waals surface area (Å²) in [6.45, 7) is 12.2. The van der Waals surface area contributed by atoms with Crippen LogP contribution >= 0.6 is 11.6 Å². The van der Waals surface area contributed by atoms with Gasteiger partial charge in [0.1, 0.15) is 11.9 Å². The normalized spacial score (nSPS) is 21.8. The van der Waals surface area contributed by atoms with Crippen molar-refractivity contribution < 1.29 is 28.5 Å². The zero-order valence-corrected chi connectivity index (χ0v) is 21.7. The van der Waals surface area contributed by atoms with E-state index in [1.807, 2.05) is 27.7 Å². The zero-order chi connectivity index (χ0) is 26.1. The summed E-state index contributed by atoms with van der Waals surface area (Å²) >= 11 is 5.53. The lowest BCUT2D eigenvalue weighted by molar-refractivity contribution is -0.140. The molecule has 2 saturated heterocycles. The van der Waals surface area contributed by atoms with Crippen molar-refractivity contribution in [1.29, 1.82) is 0 Å². The Bertz CT molecular complexity index is 933. The van der Waals surface area contributed by atoms with Gasteiger partial charge in [-0.3, -0.25) is 19.4 Å². The van der Waals surface area contributed by atoms with Gasteiger partial charge in [0, 0.05) is 32.2 Å². The molecule has 196 valence electrons. The molecule has 0 radical (unpaired) electrons. The number of H-pyrrole nitrogens is 1. The number of hydrogen-bond donors (Lipinski definition) is 3. The van der Waals surface area contributed by atoms with Gasteiger partial charge < -0.3 is 29.6 Å². The van der Waals surface area contributed by atoms with Crippen LogP contribution in [0.2, 0.25) is 0 Å². The molecular weight excluding hydrogens is 480 g/mol. The molecule has 0 unspecified atom stereocenters. The van der Waals surface area contributed by atoms with Crippen molar-refractivity contribution in [3.63, 3.8) is 0 Å². The van der Waals surface area contributed by atoms with Crippen LogP contribution in [-0.2, 0) is 35.1 Å². The fourth-order valence-electron chi connectivity index (χ4n) is 3.13. The number of nitrogens with one attached hydrogen (secondary N) is 3. The average molecular weight is 515 g/mol. The number of aromatic amines is 1. The number of amides is 2. The summed E-state index contributed by atoms with van der Waals surface area (Å²) in [4.78, 5) is 21.2. The minimum Gasteiger partial charge on any atom is -0.348 e. The fourth-order valence-corrected chi connectivity index (χ4v) is 3.28. The Balaban J connectivity index is 0.000000203. The summed E-state index contributed by atoms with van der Waals surface area (Å²) in [7, 11) is 0. The van der Waals surface area contributed by atoms with E-state index >= 15 is 0 Å². The minimum atomic E-state index is -0.516. The molecular formula is C22H35ClN6O6. The summed E-state index contributed by atoms with van der Waals surface area (Å²) in [5, 5.41) is 15.6. The van der Waals surface area contributed by atoms with Crippen LogP contribution in [0.4, 0.5) is 11.6 Å². The first-order valence-electron chi connectivity index (χ1n) is 11.1. The smallest absolute Gasteiger partial charge is 0.222 e. The van der Waals surface area contributed by atoms with Gasteiger partial charge in [0.25, 0.3) is 0 Å². The molecule has 35 heavy (non-hydrogen) atoms. The molecule has 0 bridgehead atoms. The number of alkyl halides is 1. The van der Waals surface area contributed by atoms with Crippen LogP contribution in [0.3, 0.4) is 0 Å². The maximum Gasteiger partial charge on any atom is 0.222 e. The molecule has 13 heteroatoms. The summed E-state index contributed by atoms with van der Waals surface area (Å²) in [6.07, 6.45) is 3.46. The molecule has 2 aromatic rings. The van der Waals surface area contributed by atoms with Gasteiger partial charge in [-0.25, -0.2) is 0 Å². The first kappa shape index (κ1) is 28.7. The number of carbonyl (C=O) groups excluding carboxylic acids is 2. The lowest BCUT2D eigenvalue weighted by Crippen LogP contribution is -2.24. The van der Waals surface area contributed by atoms with Gasteiger partial charge in [-0.05, 0) is 27.7 Å². The van der Waals surface area contributed by atoms with Crippen molar-refractivity contribution in [1.82, 2.24) is 20.0 Å². The highest BCUT2D eigenvalue weighted by atomic mass is 35.5. The molecule has 2 amide bonds. The predicted octanol–water partition coefficient (Wildman–Crippen LogP) is 2.74. The fraction of sp³-hybridized carbons (Fsp3) is 0.636. The molecule has 0 spiro atoms. The van der Waals surface area contributed by atoms with Crippen molar-refractivity contribution in [2.75, 3.05) is 29.7 Å². The zero-order valence-electron chi connectivity index (χ0n) is 21.0. The highest BCUT2D eigenvalue weighted by Crippen LogP contribution is 2.23. The molecule has 2 fully saturated rings. The Hall–Kier alpha value is -2.51. The van der Waals surface area contributed by atoms with E-state index in [2.05, 4.69) is 25.9 Å². The Labute approximate surface area is 210 Å². The highest BCUT2D eigenvalue weighted by molar-refractivity contribution is 6.18. The van der Waals surface area contributed by atoms with Crippen molar-refractivity contribution in [3.8, 4) is 0 Å². The number of carbonyl (C=O) groups is 2. The van der Waals surface area contributed by atoms with Crippen LogP contribution in [0.5, 0.6) is 0 Å². The lowest BCUT2D eigenvalue weighted by Gasteiger charge is -2.16. The van der Waals surface area contributed by atoms with Crippen LogP contribution in [0.1, 0.15) is 41.5 Å². The SMILES string of the molecule is CC(=O)Nc1ccn(C[C@@H]2COC(C)(C)O2)n1.CC(=O)Nc1ccn[nH]1.CC1(C)OC[C@@H](CCl)O1. The molecule has 2 aliphatic rings. The Morgan fingerprint density at radius 3 is 2.09 bits per heavy atom. The molecule has 4 rings (SSSR count). The largest absolute Gasteiger partial charge is 0.348 e. The molecule has 0 aromatic carbocycles. The average Bonchev–Trinajstić information content (AvgIpc) is 3.52. The molecule has 12 nitrogen and oxygen atoms in total. The number of halogens is 1. The van der Waals surface area contributed by atoms with Crippen LogP contribution in [0, 0.1) is 0 Å². The molecule has 3 N–H and O–H groups in total. The molecule has 2 aromatic heterocycles. The second-order valence-electron chi connectivity index (χ2n) is 8.81. The predicted molar refractivity (Wildman–Crippen MR) is 130 cm³/mol. The van der Waals surface area contributed by atoms with Crippen LogP contribution in [-0.4, -0.2) is 74.7 Å². The molecule has 2 aliphatic heterocycles. The molecule has 2 atom stereocenters. The maximum atomic E-state index is 10.8. The van der Waals surface area contributed by atoms with Crippen LogP contribution in [0.15, 0.2) is 24.5 Å². The monoisotopic (exact) mass is 514 g/mol. The quantitative estimate of drug-likeness (QED) is 0.517. The standard InChI is InChI=1S/C11H17N3O3.C6H11ClO2.C5H7N3O/c1-8(15)12-10-4-5-14(13-10)6-9-7-16-11(2,3)17-9;1-6(2)8-4-5(3-7)9-6;1-4(9)7-5-2-3-6-8-5/h4-5,9H,6-7H2,1-3H3,(H,12,13,15);5H,3-4H2,1-2H3;2-3H,1H3,(H2,6,7,8,9)/t9-;5-;/m11./s1. The molecule has 4 heterocycles. The first-order chi connectivity index (χ1) is 16.4. The van der Waals surface area contributed by atoms with E-state index in [9.17, 15) is 9.59 Å². The third-order valence-electron chi connectivity index (χ3n) is 4.45. The summed E-state index contributed by atoms with van der Waals surface area (Å²) < 4.78 is 23.5. The van der Waals surface area contributed by atoms with Gasteiger partial charge >= 0.3 is 0 Å². The van der Waals surface area contributed by atoms with Gasteiger partial charge in [-0.1, -0.05) is 0 Å². The lowest BCUT2D eigenvalue weighted by atomic mass is 10.4. The van der Waals surface area contributed by atoms with Crippen LogP contribution in [0.25, 0.3) is 0 Å². The number of rotatable bonds is 5. The molecule has 0 aliphatic carbocycles. The number of hydrogen-bond acceptors (Lipinski definition) is 8. The van der Waals surface area contributed by atoms with E-state index in [0.29, 0.717) is 37.3 Å².